The van der Waals surface area contributed by atoms with Gasteiger partial charge in [0.05, 0.1) is 11.2 Å². The normalized spacial score (nSPS) is 10.6. The first-order chi connectivity index (χ1) is 8.43. The van der Waals surface area contributed by atoms with Gasteiger partial charge >= 0.3 is 0 Å². The van der Waals surface area contributed by atoms with Gasteiger partial charge in [0.15, 0.2) is 0 Å². The molecule has 0 aliphatic heterocycles. The number of anilines is 1. The zero-order chi connectivity index (χ0) is 11.5. The van der Waals surface area contributed by atoms with Crippen LogP contribution in [0, 0.1) is 0 Å². The fraction of sp³-hybridized carbons (Fsp3) is 0.0714. The Bertz CT molecular complexity index is 613. The largest absolute Gasteiger partial charge is 0.380 e. The molecular formula is C14H13N3. The average molecular weight is 223 g/mol. The van der Waals surface area contributed by atoms with Crippen LogP contribution < -0.4 is 5.32 Å². The molecule has 2 aromatic heterocycles. The second-order valence-electron chi connectivity index (χ2n) is 3.95. The highest BCUT2D eigenvalue weighted by molar-refractivity contribution is 5.82. The fourth-order valence-corrected chi connectivity index (χ4v) is 1.96. The Hall–Kier alpha value is -2.29. The lowest BCUT2D eigenvalue weighted by Crippen LogP contribution is -2.00. The molecule has 17 heavy (non-hydrogen) atoms. The molecule has 3 rings (SSSR count). The third kappa shape index (κ3) is 1.99. The van der Waals surface area contributed by atoms with Gasteiger partial charge in [-0.05, 0) is 29.1 Å². The first-order valence-electron chi connectivity index (χ1n) is 5.62. The molecule has 0 fully saturated rings. The summed E-state index contributed by atoms with van der Waals surface area (Å²) < 4.78 is 0. The highest BCUT2D eigenvalue weighted by atomic mass is 14.9. The third-order valence-corrected chi connectivity index (χ3v) is 2.82. The van der Waals surface area contributed by atoms with Crippen LogP contribution in [0.4, 0.5) is 5.69 Å². The molecule has 0 atom stereocenters. The van der Waals surface area contributed by atoms with Gasteiger partial charge in [-0.2, -0.15) is 0 Å². The smallest absolute Gasteiger partial charge is 0.0529 e. The fourth-order valence-electron chi connectivity index (χ4n) is 1.96. The van der Waals surface area contributed by atoms with Crippen LogP contribution in [0.25, 0.3) is 10.9 Å². The minimum absolute atomic E-state index is 0.795. The highest BCUT2D eigenvalue weighted by Gasteiger charge is 2.01. The van der Waals surface area contributed by atoms with Crippen LogP contribution in [0.15, 0.2) is 55.0 Å². The maximum atomic E-state index is 4.08. The number of nitrogens with zero attached hydrogens (tertiary/aromatic N) is 1. The van der Waals surface area contributed by atoms with Crippen molar-refractivity contribution < 1.29 is 0 Å². The van der Waals surface area contributed by atoms with E-state index in [2.05, 4.69) is 39.6 Å². The Morgan fingerprint density at radius 3 is 3.00 bits per heavy atom. The number of nitrogens with one attached hydrogen (secondary N) is 2. The predicted molar refractivity (Wildman–Crippen MR) is 69.9 cm³/mol. The molecule has 0 unspecified atom stereocenters. The Balaban J connectivity index is 1.84. The molecule has 1 aromatic carbocycles. The number of H-pyrrole nitrogens is 1. The van der Waals surface area contributed by atoms with Gasteiger partial charge in [0, 0.05) is 25.1 Å². The molecule has 3 nitrogen and oxygen atoms in total. The summed E-state index contributed by atoms with van der Waals surface area (Å²) in [5.74, 6) is 0. The summed E-state index contributed by atoms with van der Waals surface area (Å²) in [6.07, 6.45) is 5.57. The maximum absolute atomic E-state index is 4.08. The zero-order valence-electron chi connectivity index (χ0n) is 9.35. The molecule has 2 N–H and O–H groups in total. The van der Waals surface area contributed by atoms with Crippen LogP contribution in [0.5, 0.6) is 0 Å². The van der Waals surface area contributed by atoms with E-state index in [9.17, 15) is 0 Å². The average Bonchev–Trinajstić information content (AvgIpc) is 2.86. The van der Waals surface area contributed by atoms with E-state index < -0.39 is 0 Å². The summed E-state index contributed by atoms with van der Waals surface area (Å²) in [5, 5.41) is 4.61. The van der Waals surface area contributed by atoms with Crippen molar-refractivity contribution in [1.29, 1.82) is 0 Å². The standard InChI is InChI=1S/C14H13N3/c1-3-11-6-8-16-14(11)12(4-1)9-17-13-5-2-7-15-10-13/h1-8,10,16-17H,9H2. The maximum Gasteiger partial charge on any atom is 0.0529 e. The molecule has 0 saturated heterocycles. The first-order valence-corrected chi connectivity index (χ1v) is 5.62. The van der Waals surface area contributed by atoms with Crippen LogP contribution in [0.1, 0.15) is 5.56 Å². The van der Waals surface area contributed by atoms with Crippen molar-refractivity contribution in [1.82, 2.24) is 9.97 Å². The number of para-hydroxylation sites is 1. The van der Waals surface area contributed by atoms with E-state index in [1.165, 1.54) is 16.5 Å². The lowest BCUT2D eigenvalue weighted by molar-refractivity contribution is 1.14. The van der Waals surface area contributed by atoms with E-state index in [0.717, 1.165) is 12.2 Å². The zero-order valence-corrected chi connectivity index (χ0v) is 9.35. The number of hydrogen-bond acceptors (Lipinski definition) is 2. The number of rotatable bonds is 3. The molecule has 0 amide bonds. The van der Waals surface area contributed by atoms with Gasteiger partial charge < -0.3 is 10.3 Å². The number of hydrogen-bond donors (Lipinski definition) is 2. The summed E-state index contributed by atoms with van der Waals surface area (Å²) in [6, 6.07) is 12.3. The summed E-state index contributed by atoms with van der Waals surface area (Å²) in [6.45, 7) is 0.795. The molecule has 0 saturated carbocycles. The van der Waals surface area contributed by atoms with Crippen LogP contribution >= 0.6 is 0 Å². The number of fused-ring (bicyclic) bond motifs is 1. The lowest BCUT2D eigenvalue weighted by Gasteiger charge is -2.06. The first kappa shape index (κ1) is 9.90. The summed E-state index contributed by atoms with van der Waals surface area (Å²) >= 11 is 0. The second kappa shape index (κ2) is 4.29. The highest BCUT2D eigenvalue weighted by Crippen LogP contribution is 2.18. The minimum atomic E-state index is 0.795. The van der Waals surface area contributed by atoms with Crippen molar-refractivity contribution in [3.8, 4) is 0 Å². The molecule has 3 heteroatoms. The van der Waals surface area contributed by atoms with Gasteiger partial charge in [-0.1, -0.05) is 18.2 Å². The van der Waals surface area contributed by atoms with Crippen LogP contribution in [0.3, 0.4) is 0 Å². The van der Waals surface area contributed by atoms with Gasteiger partial charge in [0.1, 0.15) is 0 Å². The van der Waals surface area contributed by atoms with E-state index in [4.69, 9.17) is 0 Å². The lowest BCUT2D eigenvalue weighted by atomic mass is 10.1. The summed E-state index contributed by atoms with van der Waals surface area (Å²) in [7, 11) is 0. The second-order valence-corrected chi connectivity index (χ2v) is 3.95. The SMILES string of the molecule is c1cncc(NCc2cccc3cc[nH]c23)c1. The van der Waals surface area contributed by atoms with E-state index in [0.29, 0.717) is 0 Å². The summed E-state index contributed by atoms with van der Waals surface area (Å²) in [5.41, 5.74) is 3.50. The number of pyridine rings is 1. The molecule has 0 spiro atoms. The van der Waals surface area contributed by atoms with Crippen molar-refractivity contribution in [2.24, 2.45) is 0 Å². The Labute approximate surface area is 99.5 Å². The Kier molecular flexibility index (Phi) is 2.50. The van der Waals surface area contributed by atoms with Gasteiger partial charge in [-0.3, -0.25) is 4.98 Å². The van der Waals surface area contributed by atoms with E-state index in [1.54, 1.807) is 6.20 Å². The van der Waals surface area contributed by atoms with Gasteiger partial charge in [-0.15, -0.1) is 0 Å². The van der Waals surface area contributed by atoms with Gasteiger partial charge in [-0.25, -0.2) is 0 Å². The van der Waals surface area contributed by atoms with Gasteiger partial charge in [0.2, 0.25) is 0 Å². The number of aromatic amines is 1. The minimum Gasteiger partial charge on any atom is -0.380 e. The van der Waals surface area contributed by atoms with Crippen molar-refractivity contribution in [2.45, 2.75) is 6.54 Å². The Morgan fingerprint density at radius 1 is 1.12 bits per heavy atom. The van der Waals surface area contributed by atoms with Crippen LogP contribution in [0.2, 0.25) is 0 Å². The molecule has 2 heterocycles. The number of benzene rings is 1. The summed E-state index contributed by atoms with van der Waals surface area (Å²) in [4.78, 5) is 7.35. The quantitative estimate of drug-likeness (QED) is 0.716. The van der Waals surface area contributed by atoms with Crippen molar-refractivity contribution in [3.05, 3.63) is 60.6 Å². The topological polar surface area (TPSA) is 40.7 Å². The molecule has 3 aromatic rings. The van der Waals surface area contributed by atoms with Crippen molar-refractivity contribution in [2.75, 3.05) is 5.32 Å². The third-order valence-electron chi connectivity index (χ3n) is 2.82. The molecule has 0 aliphatic carbocycles. The van der Waals surface area contributed by atoms with E-state index >= 15 is 0 Å². The predicted octanol–water partition coefficient (Wildman–Crippen LogP) is 3.18. The van der Waals surface area contributed by atoms with E-state index in [1.807, 2.05) is 24.5 Å². The molecular weight excluding hydrogens is 210 g/mol. The Morgan fingerprint density at radius 2 is 2.12 bits per heavy atom. The van der Waals surface area contributed by atoms with Crippen molar-refractivity contribution >= 4 is 16.6 Å². The van der Waals surface area contributed by atoms with Crippen molar-refractivity contribution in [3.63, 3.8) is 0 Å². The van der Waals surface area contributed by atoms with E-state index in [-0.39, 0.29) is 0 Å². The van der Waals surface area contributed by atoms with Gasteiger partial charge in [0.25, 0.3) is 0 Å². The molecule has 0 radical (unpaired) electrons. The molecule has 84 valence electrons. The number of aromatic nitrogens is 2. The molecule has 0 bridgehead atoms. The van der Waals surface area contributed by atoms with Crippen LogP contribution in [-0.4, -0.2) is 9.97 Å². The van der Waals surface area contributed by atoms with Crippen LogP contribution in [-0.2, 0) is 6.54 Å². The monoisotopic (exact) mass is 223 g/mol. The molecule has 0 aliphatic rings.